The molecule has 0 atom stereocenters. The van der Waals surface area contributed by atoms with Crippen molar-refractivity contribution in [3.05, 3.63) is 70.4 Å². The molecular formula is C21H22N6O3S. The molecule has 1 aliphatic heterocycles. The second-order valence-electron chi connectivity index (χ2n) is 6.88. The monoisotopic (exact) mass is 438 g/mol. The first-order valence-electron chi connectivity index (χ1n) is 9.88. The van der Waals surface area contributed by atoms with E-state index in [1.807, 2.05) is 10.3 Å². The van der Waals surface area contributed by atoms with Crippen molar-refractivity contribution in [3.8, 4) is 0 Å². The number of hydrogen-bond donors (Lipinski definition) is 1. The molecule has 0 saturated carbocycles. The fourth-order valence-corrected chi connectivity index (χ4v) is 3.73. The first kappa shape index (κ1) is 20.7. The molecule has 0 unspecified atom stereocenters. The number of hydrogen-bond acceptors (Lipinski definition) is 8. The number of benzene rings is 1. The maximum atomic E-state index is 12.8. The Morgan fingerprint density at radius 2 is 1.74 bits per heavy atom. The van der Waals surface area contributed by atoms with E-state index in [1.165, 1.54) is 11.3 Å². The minimum atomic E-state index is -0.504. The van der Waals surface area contributed by atoms with Crippen LogP contribution < -0.4 is 10.2 Å². The topological polar surface area (TPSA) is 101 Å². The lowest BCUT2D eigenvalue weighted by molar-refractivity contribution is 0.0746. The van der Waals surface area contributed by atoms with Crippen LogP contribution in [0.15, 0.2) is 54.3 Å². The van der Waals surface area contributed by atoms with Gasteiger partial charge in [-0.1, -0.05) is 12.1 Å². The van der Waals surface area contributed by atoms with Crippen molar-refractivity contribution >= 4 is 29.3 Å². The van der Waals surface area contributed by atoms with Crippen molar-refractivity contribution in [3.63, 3.8) is 0 Å². The third kappa shape index (κ3) is 5.54. The van der Waals surface area contributed by atoms with Crippen LogP contribution in [0.4, 0.5) is 10.7 Å². The Bertz CT molecular complexity index is 990. The number of amides is 2. The summed E-state index contributed by atoms with van der Waals surface area (Å²) < 4.78 is 5.21. The summed E-state index contributed by atoms with van der Waals surface area (Å²) in [4.78, 5) is 41.1. The van der Waals surface area contributed by atoms with E-state index in [2.05, 4.69) is 25.2 Å². The lowest BCUT2D eigenvalue weighted by Crippen LogP contribution is -2.49. The molecule has 1 fully saturated rings. The molecule has 3 aromatic rings. The summed E-state index contributed by atoms with van der Waals surface area (Å²) in [7, 11) is 0. The van der Waals surface area contributed by atoms with E-state index in [1.54, 1.807) is 48.9 Å². The van der Waals surface area contributed by atoms with Crippen LogP contribution in [0.3, 0.4) is 0 Å². The molecule has 2 aromatic heterocycles. The first-order chi connectivity index (χ1) is 15.2. The summed E-state index contributed by atoms with van der Waals surface area (Å²) in [6, 6.07) is 8.92. The number of ether oxygens (including phenoxy) is 1. The molecule has 31 heavy (non-hydrogen) atoms. The largest absolute Gasteiger partial charge is 0.445 e. The Morgan fingerprint density at radius 1 is 1.00 bits per heavy atom. The predicted octanol–water partition coefficient (Wildman–Crippen LogP) is 2.32. The molecule has 2 amide bonds. The Morgan fingerprint density at radius 3 is 2.42 bits per heavy atom. The minimum absolute atomic E-state index is 0.0118. The molecular weight excluding hydrogens is 416 g/mol. The number of anilines is 1. The van der Waals surface area contributed by atoms with Crippen molar-refractivity contribution in [1.82, 2.24) is 25.2 Å². The number of nitrogens with zero attached hydrogens (tertiary/aromatic N) is 5. The number of rotatable bonds is 6. The van der Waals surface area contributed by atoms with Crippen LogP contribution in [-0.4, -0.2) is 58.0 Å². The van der Waals surface area contributed by atoms with Crippen LogP contribution in [0.25, 0.3) is 0 Å². The normalized spacial score (nSPS) is 13.7. The number of alkyl carbamates (subject to hydrolysis) is 1. The van der Waals surface area contributed by atoms with Gasteiger partial charge in [-0.2, -0.15) is 0 Å². The van der Waals surface area contributed by atoms with Crippen LogP contribution in [0, 0.1) is 0 Å². The number of nitrogens with one attached hydrogen (secondary N) is 1. The quantitative estimate of drug-likeness (QED) is 0.630. The Balaban J connectivity index is 1.23. The van der Waals surface area contributed by atoms with Crippen molar-refractivity contribution < 1.29 is 14.3 Å². The van der Waals surface area contributed by atoms with Crippen LogP contribution in [0.2, 0.25) is 0 Å². The van der Waals surface area contributed by atoms with Crippen LogP contribution in [-0.2, 0) is 17.9 Å². The zero-order valence-corrected chi connectivity index (χ0v) is 17.6. The highest BCUT2D eigenvalue weighted by Gasteiger charge is 2.23. The van der Waals surface area contributed by atoms with E-state index in [9.17, 15) is 9.59 Å². The van der Waals surface area contributed by atoms with E-state index < -0.39 is 6.09 Å². The molecule has 1 aromatic carbocycles. The van der Waals surface area contributed by atoms with Crippen LogP contribution >= 0.6 is 11.3 Å². The molecule has 10 heteroatoms. The highest BCUT2D eigenvalue weighted by Crippen LogP contribution is 2.14. The smallest absolute Gasteiger partial charge is 0.407 e. The number of carbonyl (C=O) groups is 2. The minimum Gasteiger partial charge on any atom is -0.445 e. The van der Waals surface area contributed by atoms with Gasteiger partial charge >= 0.3 is 6.09 Å². The summed E-state index contributed by atoms with van der Waals surface area (Å²) in [6.45, 7) is 3.08. The third-order valence-corrected chi connectivity index (χ3v) is 5.62. The molecule has 1 N–H and O–H groups in total. The van der Waals surface area contributed by atoms with Gasteiger partial charge in [-0.25, -0.2) is 19.7 Å². The zero-order valence-electron chi connectivity index (χ0n) is 16.8. The van der Waals surface area contributed by atoms with Gasteiger partial charge in [0.15, 0.2) is 0 Å². The average molecular weight is 439 g/mol. The molecule has 0 bridgehead atoms. The Labute approximate surface area is 183 Å². The van der Waals surface area contributed by atoms with Gasteiger partial charge in [-0.15, -0.1) is 11.3 Å². The Hall–Kier alpha value is -3.53. The third-order valence-electron chi connectivity index (χ3n) is 4.84. The van der Waals surface area contributed by atoms with Crippen molar-refractivity contribution in [2.24, 2.45) is 0 Å². The second-order valence-corrected chi connectivity index (χ2v) is 7.86. The SMILES string of the molecule is O=C(NCc1nccs1)OCc1ccc(C(=O)N2CCN(c3ncccn3)CC2)cc1. The van der Waals surface area contributed by atoms with E-state index in [0.717, 1.165) is 10.6 Å². The predicted molar refractivity (Wildman–Crippen MR) is 116 cm³/mol. The van der Waals surface area contributed by atoms with Crippen molar-refractivity contribution in [1.29, 1.82) is 0 Å². The maximum absolute atomic E-state index is 12.8. The molecule has 0 radical (unpaired) electrons. The molecule has 9 nitrogen and oxygen atoms in total. The summed E-state index contributed by atoms with van der Waals surface area (Å²) in [5, 5.41) is 5.32. The zero-order chi connectivity index (χ0) is 21.5. The van der Waals surface area contributed by atoms with E-state index in [0.29, 0.717) is 44.2 Å². The summed E-state index contributed by atoms with van der Waals surface area (Å²) >= 11 is 1.47. The van der Waals surface area contributed by atoms with Gasteiger partial charge in [-0.05, 0) is 23.8 Å². The fourth-order valence-electron chi connectivity index (χ4n) is 3.18. The molecule has 4 rings (SSSR count). The molecule has 0 aliphatic carbocycles. The van der Waals surface area contributed by atoms with E-state index >= 15 is 0 Å². The molecule has 1 aliphatic rings. The Kier molecular flexibility index (Phi) is 6.68. The van der Waals surface area contributed by atoms with Gasteiger partial charge in [0, 0.05) is 55.7 Å². The fraction of sp³-hybridized carbons (Fsp3) is 0.286. The second kappa shape index (κ2) is 9.98. The van der Waals surface area contributed by atoms with Gasteiger partial charge in [-0.3, -0.25) is 4.79 Å². The van der Waals surface area contributed by atoms with Crippen LogP contribution in [0.5, 0.6) is 0 Å². The number of thiazole rings is 1. The van der Waals surface area contributed by atoms with Crippen molar-refractivity contribution in [2.75, 3.05) is 31.1 Å². The highest BCUT2D eigenvalue weighted by molar-refractivity contribution is 7.09. The summed E-state index contributed by atoms with van der Waals surface area (Å²) in [6.07, 6.45) is 4.62. The van der Waals surface area contributed by atoms with Gasteiger partial charge in [0.25, 0.3) is 5.91 Å². The van der Waals surface area contributed by atoms with E-state index in [4.69, 9.17) is 4.74 Å². The number of aromatic nitrogens is 3. The maximum Gasteiger partial charge on any atom is 0.407 e. The lowest BCUT2D eigenvalue weighted by Gasteiger charge is -2.34. The van der Waals surface area contributed by atoms with Gasteiger partial charge in [0.05, 0.1) is 6.54 Å². The molecule has 1 saturated heterocycles. The number of piperazine rings is 1. The van der Waals surface area contributed by atoms with E-state index in [-0.39, 0.29) is 12.5 Å². The molecule has 160 valence electrons. The van der Waals surface area contributed by atoms with Gasteiger partial charge < -0.3 is 19.9 Å². The highest BCUT2D eigenvalue weighted by atomic mass is 32.1. The molecule has 0 spiro atoms. The summed E-state index contributed by atoms with van der Waals surface area (Å²) in [5.41, 5.74) is 1.42. The first-order valence-corrected chi connectivity index (χ1v) is 10.8. The number of carbonyl (C=O) groups excluding carboxylic acids is 2. The average Bonchev–Trinajstić information content (AvgIpc) is 3.36. The standard InChI is InChI=1S/C21H22N6O3S/c28-19(26-9-11-27(12-10-26)20-23-6-1-7-24-20)17-4-2-16(3-5-17)15-30-21(29)25-14-18-22-8-13-31-18/h1-8,13H,9-12,14-15H2,(H,25,29). The van der Waals surface area contributed by atoms with Gasteiger partial charge in [0.1, 0.15) is 11.6 Å². The van der Waals surface area contributed by atoms with Crippen LogP contribution in [0.1, 0.15) is 20.9 Å². The lowest BCUT2D eigenvalue weighted by atomic mass is 10.1. The van der Waals surface area contributed by atoms with Crippen molar-refractivity contribution in [2.45, 2.75) is 13.2 Å². The molecule has 3 heterocycles. The van der Waals surface area contributed by atoms with Gasteiger partial charge in [0.2, 0.25) is 5.95 Å². The summed E-state index contributed by atoms with van der Waals surface area (Å²) in [5.74, 6) is 0.678.